The predicted molar refractivity (Wildman–Crippen MR) is 78.0 cm³/mol. The molecule has 1 atom stereocenters. The van der Waals surface area contributed by atoms with E-state index in [2.05, 4.69) is 5.32 Å². The van der Waals surface area contributed by atoms with Crippen LogP contribution in [0.2, 0.25) is 0 Å². The van der Waals surface area contributed by atoms with Crippen LogP contribution in [0.4, 0.5) is 0 Å². The SMILES string of the molecule is CO[C@@]1(CNC(=O)/C=C/c2cccs2)CCSC1. The van der Waals surface area contributed by atoms with E-state index >= 15 is 0 Å². The molecule has 0 saturated carbocycles. The van der Waals surface area contributed by atoms with Gasteiger partial charge in [-0.3, -0.25) is 4.79 Å². The van der Waals surface area contributed by atoms with Crippen molar-refractivity contribution in [1.29, 1.82) is 0 Å². The zero-order chi connectivity index (χ0) is 12.8. The number of rotatable bonds is 5. The van der Waals surface area contributed by atoms with Crippen molar-refractivity contribution in [2.24, 2.45) is 0 Å². The van der Waals surface area contributed by atoms with Gasteiger partial charge in [0.1, 0.15) is 0 Å². The molecule has 98 valence electrons. The third-order valence-electron chi connectivity index (χ3n) is 3.03. The molecule has 1 aromatic heterocycles. The number of hydrogen-bond acceptors (Lipinski definition) is 4. The van der Waals surface area contributed by atoms with Crippen molar-refractivity contribution in [2.45, 2.75) is 12.0 Å². The van der Waals surface area contributed by atoms with Crippen LogP contribution in [0.25, 0.3) is 6.08 Å². The molecule has 2 rings (SSSR count). The van der Waals surface area contributed by atoms with E-state index < -0.39 is 0 Å². The Labute approximate surface area is 116 Å². The summed E-state index contributed by atoms with van der Waals surface area (Å²) >= 11 is 3.49. The molecule has 1 N–H and O–H groups in total. The van der Waals surface area contributed by atoms with Gasteiger partial charge in [-0.25, -0.2) is 0 Å². The van der Waals surface area contributed by atoms with E-state index in [1.54, 1.807) is 24.5 Å². The number of ether oxygens (including phenoxy) is 1. The lowest BCUT2D eigenvalue weighted by molar-refractivity contribution is -0.117. The minimum absolute atomic E-state index is 0.0586. The fraction of sp³-hybridized carbons (Fsp3) is 0.462. The van der Waals surface area contributed by atoms with E-state index in [1.807, 2.05) is 35.4 Å². The number of nitrogens with one attached hydrogen (secondary N) is 1. The second kappa shape index (κ2) is 6.41. The van der Waals surface area contributed by atoms with Crippen LogP contribution in [0, 0.1) is 0 Å². The van der Waals surface area contributed by atoms with Gasteiger partial charge in [-0.2, -0.15) is 11.8 Å². The maximum atomic E-state index is 11.7. The lowest BCUT2D eigenvalue weighted by Crippen LogP contribution is -2.44. The van der Waals surface area contributed by atoms with E-state index in [4.69, 9.17) is 4.74 Å². The lowest BCUT2D eigenvalue weighted by atomic mass is 10.0. The van der Waals surface area contributed by atoms with Crippen molar-refractivity contribution in [1.82, 2.24) is 5.32 Å². The van der Waals surface area contributed by atoms with Gasteiger partial charge in [0, 0.05) is 30.4 Å². The van der Waals surface area contributed by atoms with E-state index in [1.165, 1.54) is 0 Å². The van der Waals surface area contributed by atoms with Gasteiger partial charge in [-0.05, 0) is 29.7 Å². The van der Waals surface area contributed by atoms with Gasteiger partial charge < -0.3 is 10.1 Å². The fourth-order valence-corrected chi connectivity index (χ4v) is 3.83. The fourth-order valence-electron chi connectivity index (χ4n) is 1.81. The summed E-state index contributed by atoms with van der Waals surface area (Å²) in [6.07, 6.45) is 4.42. The number of carbonyl (C=O) groups is 1. The molecule has 0 radical (unpaired) electrons. The first kappa shape index (κ1) is 13.6. The predicted octanol–water partition coefficient (Wildman–Crippen LogP) is 2.40. The number of methoxy groups -OCH3 is 1. The van der Waals surface area contributed by atoms with Gasteiger partial charge in [0.15, 0.2) is 0 Å². The third kappa shape index (κ3) is 3.60. The van der Waals surface area contributed by atoms with Gasteiger partial charge in [0.25, 0.3) is 0 Å². The molecule has 1 fully saturated rings. The summed E-state index contributed by atoms with van der Waals surface area (Å²) in [5.74, 6) is 2.00. The van der Waals surface area contributed by atoms with Crippen LogP contribution in [-0.4, -0.2) is 36.7 Å². The molecule has 0 spiro atoms. The van der Waals surface area contributed by atoms with E-state index in [-0.39, 0.29) is 11.5 Å². The first-order valence-electron chi connectivity index (χ1n) is 5.86. The summed E-state index contributed by atoms with van der Waals surface area (Å²) in [7, 11) is 1.72. The molecular weight excluding hydrogens is 266 g/mol. The molecule has 5 heteroatoms. The van der Waals surface area contributed by atoms with Crippen LogP contribution in [-0.2, 0) is 9.53 Å². The summed E-state index contributed by atoms with van der Waals surface area (Å²) in [5, 5.41) is 4.91. The first-order chi connectivity index (χ1) is 8.74. The van der Waals surface area contributed by atoms with Gasteiger partial charge in [0.05, 0.1) is 5.60 Å². The Morgan fingerprint density at radius 1 is 1.67 bits per heavy atom. The summed E-state index contributed by atoms with van der Waals surface area (Å²) in [6, 6.07) is 3.95. The van der Waals surface area contributed by atoms with Crippen LogP contribution >= 0.6 is 23.1 Å². The molecule has 0 aromatic carbocycles. The van der Waals surface area contributed by atoms with Crippen molar-refractivity contribution >= 4 is 35.1 Å². The molecular formula is C13H17NO2S2. The van der Waals surface area contributed by atoms with Crippen LogP contribution < -0.4 is 5.32 Å². The monoisotopic (exact) mass is 283 g/mol. The highest BCUT2D eigenvalue weighted by atomic mass is 32.2. The largest absolute Gasteiger partial charge is 0.376 e. The molecule has 2 heterocycles. The molecule has 1 saturated heterocycles. The number of thioether (sulfide) groups is 1. The van der Waals surface area contributed by atoms with Gasteiger partial charge in [-0.1, -0.05) is 6.07 Å². The second-order valence-corrected chi connectivity index (χ2v) is 6.34. The number of amides is 1. The molecule has 1 aliphatic heterocycles. The van der Waals surface area contributed by atoms with Crippen LogP contribution in [0.3, 0.4) is 0 Å². The first-order valence-corrected chi connectivity index (χ1v) is 7.90. The molecule has 1 amide bonds. The normalized spacial score (nSPS) is 23.6. The molecule has 0 aliphatic carbocycles. The third-order valence-corrected chi connectivity index (χ3v) is 5.09. The topological polar surface area (TPSA) is 38.3 Å². The van der Waals surface area contributed by atoms with Crippen molar-refractivity contribution in [2.75, 3.05) is 25.2 Å². The summed E-state index contributed by atoms with van der Waals surface area (Å²) in [4.78, 5) is 12.8. The smallest absolute Gasteiger partial charge is 0.244 e. The average Bonchev–Trinajstić information content (AvgIpc) is 3.06. The van der Waals surface area contributed by atoms with E-state index in [9.17, 15) is 4.79 Å². The van der Waals surface area contributed by atoms with Crippen LogP contribution in [0.15, 0.2) is 23.6 Å². The van der Waals surface area contributed by atoms with Gasteiger partial charge >= 0.3 is 0 Å². The maximum Gasteiger partial charge on any atom is 0.244 e. The highest BCUT2D eigenvalue weighted by Crippen LogP contribution is 2.30. The van der Waals surface area contributed by atoms with Crippen molar-refractivity contribution in [3.8, 4) is 0 Å². The highest BCUT2D eigenvalue weighted by Gasteiger charge is 2.34. The summed E-state index contributed by atoms with van der Waals surface area (Å²) < 4.78 is 5.54. The highest BCUT2D eigenvalue weighted by molar-refractivity contribution is 7.99. The second-order valence-electron chi connectivity index (χ2n) is 4.26. The Bertz CT molecular complexity index is 409. The lowest BCUT2D eigenvalue weighted by Gasteiger charge is -2.26. The molecule has 3 nitrogen and oxygen atoms in total. The quantitative estimate of drug-likeness (QED) is 0.843. The molecule has 0 bridgehead atoms. The summed E-state index contributed by atoms with van der Waals surface area (Å²) in [6.45, 7) is 0.587. The number of thiophene rings is 1. The van der Waals surface area contributed by atoms with Gasteiger partial charge in [0.2, 0.25) is 5.91 Å². The Morgan fingerprint density at radius 2 is 2.56 bits per heavy atom. The van der Waals surface area contributed by atoms with Gasteiger partial charge in [-0.15, -0.1) is 11.3 Å². The molecule has 18 heavy (non-hydrogen) atoms. The zero-order valence-electron chi connectivity index (χ0n) is 10.3. The van der Waals surface area contributed by atoms with Crippen molar-refractivity contribution < 1.29 is 9.53 Å². The minimum atomic E-state index is -0.170. The Balaban J connectivity index is 1.81. The van der Waals surface area contributed by atoms with E-state index in [0.29, 0.717) is 6.54 Å². The maximum absolute atomic E-state index is 11.7. The van der Waals surface area contributed by atoms with Crippen molar-refractivity contribution in [3.05, 3.63) is 28.5 Å². The Morgan fingerprint density at radius 3 is 3.17 bits per heavy atom. The van der Waals surface area contributed by atoms with Crippen LogP contribution in [0.1, 0.15) is 11.3 Å². The summed E-state index contributed by atoms with van der Waals surface area (Å²) in [5.41, 5.74) is -0.170. The average molecular weight is 283 g/mol. The van der Waals surface area contributed by atoms with Crippen molar-refractivity contribution in [3.63, 3.8) is 0 Å². The van der Waals surface area contributed by atoms with Crippen LogP contribution in [0.5, 0.6) is 0 Å². The molecule has 1 aromatic rings. The molecule has 0 unspecified atom stereocenters. The standard InChI is InChI=1S/C13H17NO2S2/c1-16-13(6-8-17-10-13)9-14-12(15)5-4-11-3-2-7-18-11/h2-5,7H,6,8-10H2,1H3,(H,14,15)/b5-4+/t13-/m1/s1. The Kier molecular flexibility index (Phi) is 4.86. The molecule has 1 aliphatic rings. The van der Waals surface area contributed by atoms with E-state index in [0.717, 1.165) is 22.8 Å². The Hall–Kier alpha value is -0.780. The zero-order valence-corrected chi connectivity index (χ0v) is 12.0. The minimum Gasteiger partial charge on any atom is -0.376 e. The number of carbonyl (C=O) groups excluding carboxylic acids is 1. The number of hydrogen-bond donors (Lipinski definition) is 1.